The lowest BCUT2D eigenvalue weighted by Gasteiger charge is -2.32. The van der Waals surface area contributed by atoms with Gasteiger partial charge in [-0.05, 0) is 58.1 Å². The molecule has 1 saturated heterocycles. The van der Waals surface area contributed by atoms with Crippen LogP contribution in [0.3, 0.4) is 0 Å². The molecule has 0 spiro atoms. The fourth-order valence-corrected chi connectivity index (χ4v) is 4.55. The highest BCUT2D eigenvalue weighted by Crippen LogP contribution is 2.37. The third kappa shape index (κ3) is 3.51. The minimum atomic E-state index is -3.87. The van der Waals surface area contributed by atoms with Crippen molar-refractivity contribution in [3.63, 3.8) is 0 Å². The number of isothiocyanates is 1. The zero-order chi connectivity index (χ0) is 19.9. The molecule has 0 amide bonds. The van der Waals surface area contributed by atoms with Gasteiger partial charge in [0.25, 0.3) is 0 Å². The van der Waals surface area contributed by atoms with Crippen molar-refractivity contribution in [1.82, 2.24) is 0 Å². The van der Waals surface area contributed by atoms with Crippen LogP contribution in [0.4, 0.5) is 5.69 Å². The maximum Gasteiger partial charge on any atom is 0.496 e. The van der Waals surface area contributed by atoms with Crippen LogP contribution < -0.4 is 5.46 Å². The van der Waals surface area contributed by atoms with E-state index in [2.05, 4.69) is 22.4 Å². The van der Waals surface area contributed by atoms with E-state index in [-0.39, 0.29) is 15.5 Å². The zero-order valence-electron chi connectivity index (χ0n) is 15.6. The molecule has 0 saturated carbocycles. The summed E-state index contributed by atoms with van der Waals surface area (Å²) in [4.78, 5) is 4.08. The zero-order valence-corrected chi connectivity index (χ0v) is 17.2. The van der Waals surface area contributed by atoms with E-state index in [1.807, 2.05) is 27.7 Å². The Bertz CT molecular complexity index is 1010. The topological polar surface area (TPSA) is 65.0 Å². The number of para-hydroxylation sites is 1. The van der Waals surface area contributed by atoms with Crippen molar-refractivity contribution in [2.75, 3.05) is 0 Å². The molecule has 0 aromatic heterocycles. The van der Waals surface area contributed by atoms with E-state index in [1.165, 1.54) is 6.07 Å². The Balaban J connectivity index is 2.14. The van der Waals surface area contributed by atoms with Crippen LogP contribution in [0.2, 0.25) is 0 Å². The first-order valence-corrected chi connectivity index (χ1v) is 10.4. The predicted octanol–water partition coefficient (Wildman–Crippen LogP) is 3.55. The fraction of sp³-hybridized carbons (Fsp3) is 0.316. The highest BCUT2D eigenvalue weighted by atomic mass is 32.2. The maximum absolute atomic E-state index is 13.4. The van der Waals surface area contributed by atoms with E-state index >= 15 is 0 Å². The Kier molecular flexibility index (Phi) is 5.14. The Labute approximate surface area is 165 Å². The largest absolute Gasteiger partial charge is 0.496 e. The molecule has 1 heterocycles. The molecule has 2 aromatic rings. The summed E-state index contributed by atoms with van der Waals surface area (Å²) in [6.45, 7) is 7.70. The second-order valence-electron chi connectivity index (χ2n) is 7.30. The smallest absolute Gasteiger partial charge is 0.399 e. The molecule has 27 heavy (non-hydrogen) atoms. The van der Waals surface area contributed by atoms with Gasteiger partial charge in [-0.15, -0.1) is 0 Å². The third-order valence-electron chi connectivity index (χ3n) is 5.04. The average molecular weight is 401 g/mol. The minimum absolute atomic E-state index is 0.0614. The number of hydrogen-bond acceptors (Lipinski definition) is 6. The van der Waals surface area contributed by atoms with Crippen LogP contribution in [0.25, 0.3) is 0 Å². The van der Waals surface area contributed by atoms with Gasteiger partial charge in [-0.2, -0.15) is 4.99 Å². The van der Waals surface area contributed by atoms with E-state index < -0.39 is 28.2 Å². The standard InChI is InChI=1S/C19H20BNO4S2/c1-18(2)19(3,4)25-20(24-18)14-9-5-7-11-16(14)27(22,23)17-12-8-6-10-15(17)21-13-26/h5-12H,1-4H3. The van der Waals surface area contributed by atoms with Crippen LogP contribution in [0, 0.1) is 0 Å². The van der Waals surface area contributed by atoms with E-state index in [1.54, 1.807) is 42.5 Å². The van der Waals surface area contributed by atoms with Crippen molar-refractivity contribution >= 4 is 45.5 Å². The lowest BCUT2D eigenvalue weighted by molar-refractivity contribution is 0.00578. The van der Waals surface area contributed by atoms with E-state index in [0.29, 0.717) is 5.46 Å². The monoisotopic (exact) mass is 401 g/mol. The van der Waals surface area contributed by atoms with Crippen molar-refractivity contribution in [2.24, 2.45) is 4.99 Å². The van der Waals surface area contributed by atoms with Gasteiger partial charge in [0, 0.05) is 5.46 Å². The van der Waals surface area contributed by atoms with E-state index in [9.17, 15) is 8.42 Å². The quantitative estimate of drug-likeness (QED) is 0.445. The molecule has 3 rings (SSSR count). The first-order valence-electron chi connectivity index (χ1n) is 8.47. The Hall–Kier alpha value is -1.83. The van der Waals surface area contributed by atoms with E-state index in [4.69, 9.17) is 9.31 Å². The summed E-state index contributed by atoms with van der Waals surface area (Å²) >= 11 is 4.65. The lowest BCUT2D eigenvalue weighted by Crippen LogP contribution is -2.41. The second kappa shape index (κ2) is 6.97. The van der Waals surface area contributed by atoms with Crippen molar-refractivity contribution in [3.05, 3.63) is 48.5 Å². The number of aliphatic imine (C=N–C) groups is 1. The molecule has 0 unspecified atom stereocenters. The first kappa shape index (κ1) is 19.9. The van der Waals surface area contributed by atoms with Crippen LogP contribution in [-0.4, -0.2) is 31.9 Å². The van der Waals surface area contributed by atoms with Gasteiger partial charge in [0.2, 0.25) is 9.84 Å². The molecule has 0 bridgehead atoms. The predicted molar refractivity (Wildman–Crippen MR) is 109 cm³/mol. The van der Waals surface area contributed by atoms with Crippen molar-refractivity contribution in [1.29, 1.82) is 0 Å². The van der Waals surface area contributed by atoms with Crippen LogP contribution >= 0.6 is 12.2 Å². The van der Waals surface area contributed by atoms with E-state index in [0.717, 1.165) is 0 Å². The molecular weight excluding hydrogens is 381 g/mol. The van der Waals surface area contributed by atoms with Crippen LogP contribution in [0.1, 0.15) is 27.7 Å². The average Bonchev–Trinajstić information content (AvgIpc) is 2.83. The molecule has 1 aliphatic heterocycles. The molecule has 0 radical (unpaired) electrons. The molecule has 2 aromatic carbocycles. The van der Waals surface area contributed by atoms with Gasteiger partial charge in [-0.3, -0.25) is 0 Å². The van der Waals surface area contributed by atoms with Crippen molar-refractivity contribution in [2.45, 2.75) is 48.7 Å². The van der Waals surface area contributed by atoms with Crippen molar-refractivity contribution in [3.8, 4) is 0 Å². The summed E-state index contributed by atoms with van der Waals surface area (Å²) in [6, 6.07) is 13.1. The summed E-state index contributed by atoms with van der Waals surface area (Å²) in [7, 11) is -4.66. The van der Waals surface area contributed by atoms with Gasteiger partial charge in [0.15, 0.2) is 0 Å². The van der Waals surface area contributed by atoms with Gasteiger partial charge in [-0.1, -0.05) is 30.3 Å². The van der Waals surface area contributed by atoms with Gasteiger partial charge < -0.3 is 9.31 Å². The Morgan fingerprint density at radius 2 is 1.44 bits per heavy atom. The fourth-order valence-electron chi connectivity index (χ4n) is 2.83. The van der Waals surface area contributed by atoms with Gasteiger partial charge in [0.05, 0.1) is 31.8 Å². The number of benzene rings is 2. The molecule has 0 atom stereocenters. The maximum atomic E-state index is 13.4. The SMILES string of the molecule is CC1(C)OB(c2ccccc2S(=O)(=O)c2ccccc2N=C=S)OC1(C)C. The molecule has 140 valence electrons. The molecule has 5 nitrogen and oxygen atoms in total. The summed E-state index contributed by atoms with van der Waals surface area (Å²) in [5.74, 6) is 0. The van der Waals surface area contributed by atoms with Crippen LogP contribution in [-0.2, 0) is 19.1 Å². The number of nitrogens with zero attached hydrogens (tertiary/aromatic N) is 1. The van der Waals surface area contributed by atoms with Crippen LogP contribution in [0.5, 0.6) is 0 Å². The molecule has 0 N–H and O–H groups in total. The molecule has 1 aliphatic rings. The highest BCUT2D eigenvalue weighted by molar-refractivity contribution is 7.92. The lowest BCUT2D eigenvalue weighted by atomic mass is 9.79. The summed E-state index contributed by atoms with van der Waals surface area (Å²) in [6.07, 6.45) is 0. The number of hydrogen-bond donors (Lipinski definition) is 0. The number of sulfone groups is 1. The van der Waals surface area contributed by atoms with Gasteiger partial charge in [0.1, 0.15) is 0 Å². The first-order chi connectivity index (χ1) is 12.6. The number of thiocarbonyl (C=S) groups is 1. The van der Waals surface area contributed by atoms with Gasteiger partial charge in [-0.25, -0.2) is 8.42 Å². The summed E-state index contributed by atoms with van der Waals surface area (Å²) < 4.78 is 38.9. The molecular formula is C19H20BNO4S2. The van der Waals surface area contributed by atoms with Crippen molar-refractivity contribution < 1.29 is 17.7 Å². The molecule has 1 fully saturated rings. The summed E-state index contributed by atoms with van der Waals surface area (Å²) in [5, 5.41) is 2.23. The minimum Gasteiger partial charge on any atom is -0.399 e. The Morgan fingerprint density at radius 3 is 2.04 bits per heavy atom. The third-order valence-corrected chi connectivity index (χ3v) is 7.00. The van der Waals surface area contributed by atoms with Crippen LogP contribution in [0.15, 0.2) is 63.3 Å². The second-order valence-corrected chi connectivity index (χ2v) is 9.37. The van der Waals surface area contributed by atoms with Gasteiger partial charge >= 0.3 is 7.12 Å². The molecule has 8 heteroatoms. The number of rotatable bonds is 4. The Morgan fingerprint density at radius 1 is 0.926 bits per heavy atom. The highest BCUT2D eigenvalue weighted by Gasteiger charge is 2.52. The molecule has 0 aliphatic carbocycles. The summed E-state index contributed by atoms with van der Waals surface area (Å²) in [5.41, 5.74) is -0.448. The normalized spacial score (nSPS) is 18.1.